The van der Waals surface area contributed by atoms with Crippen LogP contribution in [0.5, 0.6) is 5.88 Å². The van der Waals surface area contributed by atoms with Gasteiger partial charge < -0.3 is 29.9 Å². The lowest BCUT2D eigenvalue weighted by Crippen LogP contribution is -2.57. The molecule has 30 heavy (non-hydrogen) atoms. The first-order chi connectivity index (χ1) is 14.5. The van der Waals surface area contributed by atoms with Crippen LogP contribution in [-0.4, -0.2) is 88.8 Å². The van der Waals surface area contributed by atoms with Crippen LogP contribution < -0.4 is 10.1 Å². The lowest BCUT2D eigenvalue weighted by Gasteiger charge is -2.45. The summed E-state index contributed by atoms with van der Waals surface area (Å²) in [7, 11) is 0. The molecular weight excluding hydrogens is 400 g/mol. The molecule has 0 bridgehead atoms. The van der Waals surface area contributed by atoms with Gasteiger partial charge in [0.05, 0.1) is 31.9 Å². The number of hydrogen-bond acceptors (Lipinski definition) is 9. The van der Waals surface area contributed by atoms with Gasteiger partial charge in [0.1, 0.15) is 12.3 Å². The van der Waals surface area contributed by atoms with E-state index in [4.69, 9.17) is 24.5 Å². The molecule has 0 unspecified atom stereocenters. The molecule has 3 atom stereocenters. The molecule has 2 aliphatic rings. The first-order valence-electron chi connectivity index (χ1n) is 9.81. The Morgan fingerprint density at radius 2 is 2.13 bits per heavy atom. The molecule has 168 valence electrons. The molecule has 0 aromatic carbocycles. The lowest BCUT2D eigenvalue weighted by molar-refractivity contribution is -0.154. The molecule has 12 heteroatoms. The van der Waals surface area contributed by atoms with Crippen molar-refractivity contribution in [2.45, 2.75) is 44.8 Å². The third-order valence-electron chi connectivity index (χ3n) is 5.09. The number of aliphatic hydroxyl groups is 1. The number of aliphatic hydroxyl groups excluding tert-OH is 1. The summed E-state index contributed by atoms with van der Waals surface area (Å²) < 4.78 is 15.7. The van der Waals surface area contributed by atoms with E-state index in [0.717, 1.165) is 12.8 Å². The summed E-state index contributed by atoms with van der Waals surface area (Å²) in [6.07, 6.45) is 2.11. The summed E-state index contributed by atoms with van der Waals surface area (Å²) in [5.74, 6) is 0.0176. The molecule has 1 aliphatic carbocycles. The van der Waals surface area contributed by atoms with Crippen molar-refractivity contribution in [2.24, 2.45) is 5.92 Å². The monoisotopic (exact) mass is 428 g/mol. The molecule has 12 nitrogen and oxygen atoms in total. The minimum atomic E-state index is -0.250. The Kier molecular flexibility index (Phi) is 9.48. The number of morpholine rings is 1. The zero-order valence-electron chi connectivity index (χ0n) is 16.9. The van der Waals surface area contributed by atoms with E-state index in [-0.39, 0.29) is 56.0 Å². The van der Waals surface area contributed by atoms with Gasteiger partial charge in [-0.2, -0.15) is 0 Å². The molecule has 1 aliphatic heterocycles. The van der Waals surface area contributed by atoms with Crippen LogP contribution in [0, 0.1) is 12.8 Å². The SMILES string of the molecule is Cc1nonc1OCCNC(=O)[C@H]1CC[C@H]2OCCN(C(=O)CCO)[C@@H]2C1.O=CO. The van der Waals surface area contributed by atoms with Gasteiger partial charge in [-0.15, -0.1) is 0 Å². The number of amides is 2. The first kappa shape index (κ1) is 23.5. The third kappa shape index (κ3) is 6.39. The summed E-state index contributed by atoms with van der Waals surface area (Å²) in [5, 5.41) is 26.0. The van der Waals surface area contributed by atoms with Crippen LogP contribution in [0.15, 0.2) is 4.63 Å². The van der Waals surface area contributed by atoms with Crippen LogP contribution in [0.3, 0.4) is 0 Å². The average molecular weight is 428 g/mol. The molecule has 0 radical (unpaired) electrons. The minimum Gasteiger partial charge on any atom is -0.483 e. The van der Waals surface area contributed by atoms with Crippen LogP contribution in [0.2, 0.25) is 0 Å². The third-order valence-corrected chi connectivity index (χ3v) is 5.09. The van der Waals surface area contributed by atoms with Crippen LogP contribution in [0.25, 0.3) is 0 Å². The van der Waals surface area contributed by atoms with E-state index >= 15 is 0 Å². The Balaban J connectivity index is 0.00000101. The quantitative estimate of drug-likeness (QED) is 0.375. The smallest absolute Gasteiger partial charge is 0.290 e. The van der Waals surface area contributed by atoms with Gasteiger partial charge in [-0.1, -0.05) is 5.16 Å². The molecule has 1 saturated heterocycles. The second-order valence-electron chi connectivity index (χ2n) is 6.95. The van der Waals surface area contributed by atoms with Gasteiger partial charge in [-0.3, -0.25) is 14.4 Å². The molecule has 1 aromatic rings. The Morgan fingerprint density at radius 3 is 2.80 bits per heavy atom. The van der Waals surface area contributed by atoms with Gasteiger partial charge in [0.25, 0.3) is 12.4 Å². The predicted molar refractivity (Wildman–Crippen MR) is 101 cm³/mol. The lowest BCUT2D eigenvalue weighted by atomic mass is 9.81. The number of carbonyl (C=O) groups is 3. The topological polar surface area (TPSA) is 164 Å². The minimum absolute atomic E-state index is 0.0311. The molecule has 2 heterocycles. The molecule has 1 saturated carbocycles. The predicted octanol–water partition coefficient (Wildman–Crippen LogP) is -0.648. The summed E-state index contributed by atoms with van der Waals surface area (Å²) in [6, 6.07) is -0.109. The van der Waals surface area contributed by atoms with Crippen molar-refractivity contribution in [1.29, 1.82) is 0 Å². The van der Waals surface area contributed by atoms with Crippen molar-refractivity contribution in [2.75, 3.05) is 32.9 Å². The highest BCUT2D eigenvalue weighted by Crippen LogP contribution is 2.32. The fraction of sp³-hybridized carbons (Fsp3) is 0.722. The second kappa shape index (κ2) is 12.1. The Labute approximate surface area is 173 Å². The van der Waals surface area contributed by atoms with E-state index in [2.05, 4.69) is 20.3 Å². The summed E-state index contributed by atoms with van der Waals surface area (Å²) in [4.78, 5) is 34.9. The zero-order valence-corrected chi connectivity index (χ0v) is 16.9. The largest absolute Gasteiger partial charge is 0.483 e. The normalized spacial score (nSPS) is 22.9. The number of aromatic nitrogens is 2. The van der Waals surface area contributed by atoms with E-state index < -0.39 is 0 Å². The summed E-state index contributed by atoms with van der Waals surface area (Å²) in [6.45, 7) is 2.93. The summed E-state index contributed by atoms with van der Waals surface area (Å²) in [5.41, 5.74) is 0.560. The molecule has 2 fully saturated rings. The van der Waals surface area contributed by atoms with Crippen LogP contribution >= 0.6 is 0 Å². The fourth-order valence-electron chi connectivity index (χ4n) is 3.72. The van der Waals surface area contributed by atoms with Gasteiger partial charge in [-0.25, -0.2) is 4.63 Å². The number of fused-ring (bicyclic) bond motifs is 1. The van der Waals surface area contributed by atoms with Gasteiger partial charge in [0, 0.05) is 18.9 Å². The maximum absolute atomic E-state index is 12.5. The molecule has 2 amide bonds. The van der Waals surface area contributed by atoms with Crippen LogP contribution in [0.1, 0.15) is 31.4 Å². The highest BCUT2D eigenvalue weighted by Gasteiger charge is 2.41. The Hall–Kier alpha value is -2.73. The maximum Gasteiger partial charge on any atom is 0.290 e. The van der Waals surface area contributed by atoms with E-state index in [1.165, 1.54) is 0 Å². The Morgan fingerprint density at radius 1 is 1.37 bits per heavy atom. The maximum atomic E-state index is 12.5. The highest BCUT2D eigenvalue weighted by molar-refractivity contribution is 5.79. The zero-order chi connectivity index (χ0) is 21.9. The van der Waals surface area contributed by atoms with E-state index in [1.807, 2.05) is 0 Å². The molecule has 3 rings (SSSR count). The fourth-order valence-corrected chi connectivity index (χ4v) is 3.72. The number of aryl methyl sites for hydroxylation is 1. The Bertz CT molecular complexity index is 697. The summed E-state index contributed by atoms with van der Waals surface area (Å²) >= 11 is 0. The van der Waals surface area contributed by atoms with Crippen molar-refractivity contribution in [1.82, 2.24) is 20.5 Å². The van der Waals surface area contributed by atoms with Crippen molar-refractivity contribution >= 4 is 18.3 Å². The van der Waals surface area contributed by atoms with E-state index in [0.29, 0.717) is 37.7 Å². The number of carboxylic acid groups (broad SMARTS) is 1. The van der Waals surface area contributed by atoms with Gasteiger partial charge in [-0.05, 0) is 31.3 Å². The number of hydrogen-bond donors (Lipinski definition) is 3. The molecule has 1 aromatic heterocycles. The van der Waals surface area contributed by atoms with Gasteiger partial charge >= 0.3 is 0 Å². The number of rotatable bonds is 7. The average Bonchev–Trinajstić information content (AvgIpc) is 3.15. The van der Waals surface area contributed by atoms with Crippen molar-refractivity contribution in [3.8, 4) is 5.88 Å². The number of nitrogens with zero attached hydrogens (tertiary/aromatic N) is 3. The second-order valence-corrected chi connectivity index (χ2v) is 6.95. The van der Waals surface area contributed by atoms with Gasteiger partial charge in [0.15, 0.2) is 0 Å². The van der Waals surface area contributed by atoms with Crippen LogP contribution in [0.4, 0.5) is 0 Å². The number of nitrogens with one attached hydrogen (secondary N) is 1. The number of ether oxygens (including phenoxy) is 2. The number of carbonyl (C=O) groups excluding carboxylic acids is 2. The van der Waals surface area contributed by atoms with E-state index in [9.17, 15) is 9.59 Å². The van der Waals surface area contributed by atoms with Crippen LogP contribution in [-0.2, 0) is 19.1 Å². The molecule has 0 spiro atoms. The standard InChI is InChI=1S/C17H26N4O6.CH2O2/c1-11-17(20-27-19-11)26-8-5-18-16(24)12-2-3-14-13(10-12)21(6-9-25-14)15(23)4-7-22;2-1-3/h12-14,22H,2-10H2,1H3,(H,18,24);1H,(H,2,3)/t12-,13+,14+;/m0./s1. The van der Waals surface area contributed by atoms with Crippen molar-refractivity contribution < 1.29 is 38.7 Å². The van der Waals surface area contributed by atoms with E-state index in [1.54, 1.807) is 11.8 Å². The van der Waals surface area contributed by atoms with Gasteiger partial charge in [0.2, 0.25) is 11.8 Å². The highest BCUT2D eigenvalue weighted by atomic mass is 16.6. The molecular formula is C18H28N4O8. The molecule has 3 N–H and O–H groups in total. The first-order valence-corrected chi connectivity index (χ1v) is 9.81. The van der Waals surface area contributed by atoms with Crippen molar-refractivity contribution in [3.63, 3.8) is 0 Å². The van der Waals surface area contributed by atoms with Crippen molar-refractivity contribution in [3.05, 3.63) is 5.69 Å².